The largest absolute Gasteiger partial charge is 0.456 e. The van der Waals surface area contributed by atoms with Crippen molar-refractivity contribution in [2.45, 2.75) is 5.41 Å². The fourth-order valence-electron chi connectivity index (χ4n) is 9.95. The predicted molar refractivity (Wildman–Crippen MR) is 233 cm³/mol. The maximum absolute atomic E-state index is 6.53. The first-order valence-electron chi connectivity index (χ1n) is 19.4. The van der Waals surface area contributed by atoms with Gasteiger partial charge in [-0.05, 0) is 118 Å². The van der Waals surface area contributed by atoms with E-state index in [9.17, 15) is 0 Å². The summed E-state index contributed by atoms with van der Waals surface area (Å²) in [4.78, 5) is 0. The number of hydrogen-bond acceptors (Lipinski definition) is 1. The summed E-state index contributed by atoms with van der Waals surface area (Å²) < 4.78 is 6.53. The van der Waals surface area contributed by atoms with E-state index in [4.69, 9.17) is 4.74 Å². The molecule has 1 heteroatoms. The van der Waals surface area contributed by atoms with Crippen molar-refractivity contribution in [3.8, 4) is 56.0 Å². The molecule has 12 rings (SSSR count). The van der Waals surface area contributed by atoms with E-state index < -0.39 is 5.41 Å². The molecule has 0 atom stereocenters. The molecule has 260 valence electrons. The van der Waals surface area contributed by atoms with Crippen LogP contribution < -0.4 is 4.74 Å². The van der Waals surface area contributed by atoms with Crippen molar-refractivity contribution in [1.82, 2.24) is 0 Å². The number of ether oxygens (including phenoxy) is 1. The second-order valence-corrected chi connectivity index (χ2v) is 15.1. The molecule has 56 heavy (non-hydrogen) atoms. The van der Waals surface area contributed by atoms with E-state index in [1.54, 1.807) is 0 Å². The summed E-state index contributed by atoms with van der Waals surface area (Å²) in [6, 6.07) is 76.1. The van der Waals surface area contributed by atoms with Gasteiger partial charge in [-0.15, -0.1) is 0 Å². The van der Waals surface area contributed by atoms with Crippen LogP contribution in [0.1, 0.15) is 22.3 Å². The quantitative estimate of drug-likeness (QED) is 0.177. The van der Waals surface area contributed by atoms with Gasteiger partial charge in [0.1, 0.15) is 11.5 Å². The van der Waals surface area contributed by atoms with Crippen LogP contribution in [0.5, 0.6) is 11.5 Å². The zero-order valence-electron chi connectivity index (χ0n) is 30.5. The molecule has 0 spiro atoms. The molecule has 0 bridgehead atoms. The Morgan fingerprint density at radius 2 is 0.964 bits per heavy atom. The third-order valence-electron chi connectivity index (χ3n) is 12.3. The van der Waals surface area contributed by atoms with Crippen LogP contribution in [-0.2, 0) is 5.41 Å². The molecular weight excluding hydrogens is 677 g/mol. The molecule has 0 N–H and O–H groups in total. The van der Waals surface area contributed by atoms with Crippen molar-refractivity contribution in [1.29, 1.82) is 0 Å². The average molecular weight is 711 g/mol. The maximum atomic E-state index is 6.53. The van der Waals surface area contributed by atoms with E-state index in [2.05, 4.69) is 200 Å². The van der Waals surface area contributed by atoms with Crippen molar-refractivity contribution in [3.63, 3.8) is 0 Å². The Kier molecular flexibility index (Phi) is 6.62. The van der Waals surface area contributed by atoms with Gasteiger partial charge in [0, 0.05) is 10.9 Å². The molecule has 10 aromatic carbocycles. The van der Waals surface area contributed by atoms with E-state index >= 15 is 0 Å². The van der Waals surface area contributed by atoms with Crippen LogP contribution in [-0.4, -0.2) is 0 Å². The van der Waals surface area contributed by atoms with E-state index in [-0.39, 0.29) is 0 Å². The van der Waals surface area contributed by atoms with Gasteiger partial charge in [-0.25, -0.2) is 0 Å². The molecule has 10 aromatic rings. The molecule has 1 aliphatic heterocycles. The first-order valence-corrected chi connectivity index (χ1v) is 19.4. The van der Waals surface area contributed by atoms with Gasteiger partial charge < -0.3 is 4.74 Å². The Bertz CT molecular complexity index is 3170. The van der Waals surface area contributed by atoms with E-state index in [1.165, 1.54) is 88.1 Å². The van der Waals surface area contributed by atoms with Crippen LogP contribution >= 0.6 is 0 Å². The Morgan fingerprint density at radius 3 is 1.79 bits per heavy atom. The van der Waals surface area contributed by atoms with Crippen LogP contribution in [0, 0.1) is 0 Å². The molecule has 1 aliphatic carbocycles. The monoisotopic (exact) mass is 710 g/mol. The lowest BCUT2D eigenvalue weighted by atomic mass is 9.67. The van der Waals surface area contributed by atoms with Crippen molar-refractivity contribution in [2.75, 3.05) is 0 Å². The molecule has 0 unspecified atom stereocenters. The summed E-state index contributed by atoms with van der Waals surface area (Å²) in [5, 5.41) is 7.34. The summed E-state index contributed by atoms with van der Waals surface area (Å²) >= 11 is 0. The van der Waals surface area contributed by atoms with Crippen LogP contribution in [0.15, 0.2) is 206 Å². The van der Waals surface area contributed by atoms with Crippen molar-refractivity contribution in [2.24, 2.45) is 0 Å². The van der Waals surface area contributed by atoms with E-state index in [0.29, 0.717) is 0 Å². The number of hydrogen-bond donors (Lipinski definition) is 0. The minimum Gasteiger partial charge on any atom is -0.456 e. The Hall–Kier alpha value is -7.22. The zero-order chi connectivity index (χ0) is 36.8. The third-order valence-corrected chi connectivity index (χ3v) is 12.3. The predicted octanol–water partition coefficient (Wildman–Crippen LogP) is 14.6. The van der Waals surface area contributed by atoms with E-state index in [1.807, 2.05) is 6.07 Å². The molecule has 1 heterocycles. The average Bonchev–Trinajstić information content (AvgIpc) is 3.56. The molecule has 0 saturated carbocycles. The first-order chi connectivity index (χ1) is 27.8. The number of fused-ring (bicyclic) bond motifs is 7. The molecule has 0 fully saturated rings. The fraction of sp³-hybridized carbons (Fsp3) is 0.0182. The summed E-state index contributed by atoms with van der Waals surface area (Å²) in [7, 11) is 0. The smallest absolute Gasteiger partial charge is 0.135 e. The van der Waals surface area contributed by atoms with E-state index in [0.717, 1.165) is 22.4 Å². The van der Waals surface area contributed by atoms with Gasteiger partial charge in [-0.1, -0.05) is 176 Å². The molecule has 0 aromatic heterocycles. The Balaban J connectivity index is 1.20. The number of benzene rings is 10. The topological polar surface area (TPSA) is 9.23 Å². The summed E-state index contributed by atoms with van der Waals surface area (Å²) in [6.45, 7) is 0. The minimum absolute atomic E-state index is 0.576. The highest BCUT2D eigenvalue weighted by Gasteiger charge is 2.47. The fourth-order valence-corrected chi connectivity index (χ4v) is 9.95. The normalized spacial score (nSPS) is 13.3. The van der Waals surface area contributed by atoms with Crippen LogP contribution in [0.25, 0.3) is 76.8 Å². The zero-order valence-corrected chi connectivity index (χ0v) is 30.5. The molecule has 0 amide bonds. The molecular formula is C55H34O. The lowest BCUT2D eigenvalue weighted by Gasteiger charge is -2.34. The van der Waals surface area contributed by atoms with Crippen molar-refractivity contribution < 1.29 is 4.74 Å². The molecule has 0 saturated heterocycles. The summed E-state index contributed by atoms with van der Waals surface area (Å²) in [5.41, 5.74) is 14.3. The Morgan fingerprint density at radius 1 is 0.321 bits per heavy atom. The minimum atomic E-state index is -0.576. The standard InChI is InChI=1S/C55H34O/c1-3-17-40(18-4-1)55(41-19-5-2-6-20-41)48-33-38(42-30-31-51-53-45(42)23-13-24-46(53)44-22-11-12-25-50(44)56-51)28-29-47(48)54-49(55)34-37-16-9-10-21-43(37)52(54)39-27-26-35-14-7-8-15-36(35)32-39/h1-34H. The van der Waals surface area contributed by atoms with Gasteiger partial charge in [0.25, 0.3) is 0 Å². The Labute approximate surface area is 325 Å². The highest BCUT2D eigenvalue weighted by Crippen LogP contribution is 2.60. The van der Waals surface area contributed by atoms with Gasteiger partial charge in [0.05, 0.1) is 5.41 Å². The number of rotatable bonds is 4. The molecule has 0 radical (unpaired) electrons. The maximum Gasteiger partial charge on any atom is 0.135 e. The lowest BCUT2D eigenvalue weighted by Crippen LogP contribution is -2.28. The van der Waals surface area contributed by atoms with Gasteiger partial charge >= 0.3 is 0 Å². The second-order valence-electron chi connectivity index (χ2n) is 15.1. The highest BCUT2D eigenvalue weighted by atomic mass is 16.5. The van der Waals surface area contributed by atoms with Gasteiger partial charge in [0.15, 0.2) is 0 Å². The molecule has 1 nitrogen and oxygen atoms in total. The van der Waals surface area contributed by atoms with Gasteiger partial charge in [0.2, 0.25) is 0 Å². The lowest BCUT2D eigenvalue weighted by molar-refractivity contribution is 0.487. The second kappa shape index (κ2) is 11.9. The number of para-hydroxylation sites is 1. The third kappa shape index (κ3) is 4.31. The van der Waals surface area contributed by atoms with Crippen LogP contribution in [0.2, 0.25) is 0 Å². The summed E-state index contributed by atoms with van der Waals surface area (Å²) in [6.07, 6.45) is 0. The van der Waals surface area contributed by atoms with Gasteiger partial charge in [-0.3, -0.25) is 0 Å². The molecule has 2 aliphatic rings. The van der Waals surface area contributed by atoms with Gasteiger partial charge in [-0.2, -0.15) is 0 Å². The van der Waals surface area contributed by atoms with Crippen LogP contribution in [0.3, 0.4) is 0 Å². The highest BCUT2D eigenvalue weighted by molar-refractivity contribution is 6.12. The first kappa shape index (κ1) is 31.2. The SMILES string of the molecule is c1ccc(C2(c3ccccc3)c3cc(-c4ccc5c6c(cccc46)-c4ccccc4O5)ccc3-c3c2cc2ccccc2c3-c2ccc3ccccc3c2)cc1. The van der Waals surface area contributed by atoms with Crippen molar-refractivity contribution >= 4 is 32.3 Å². The van der Waals surface area contributed by atoms with Crippen molar-refractivity contribution in [3.05, 3.63) is 229 Å². The summed E-state index contributed by atoms with van der Waals surface area (Å²) in [5.74, 6) is 1.81. The van der Waals surface area contributed by atoms with Crippen LogP contribution in [0.4, 0.5) is 0 Å².